The molecule has 1 fully saturated rings. The van der Waals surface area contributed by atoms with E-state index in [1.165, 1.54) is 22.0 Å². The summed E-state index contributed by atoms with van der Waals surface area (Å²) in [5, 5.41) is 2.35. The number of carbonyl (C=O) groups is 1. The Hall–Kier alpha value is -2.94. The van der Waals surface area contributed by atoms with Crippen molar-refractivity contribution in [1.29, 1.82) is 0 Å². The van der Waals surface area contributed by atoms with Gasteiger partial charge in [-0.2, -0.15) is 11.8 Å². The number of fused-ring (bicyclic) bond motifs is 4. The first-order valence-electron chi connectivity index (χ1n) is 14.3. The van der Waals surface area contributed by atoms with Crippen LogP contribution in [0.2, 0.25) is 0 Å². The van der Waals surface area contributed by atoms with E-state index in [2.05, 4.69) is 51.9 Å². The first-order valence-corrected chi connectivity index (χ1v) is 15.5. The van der Waals surface area contributed by atoms with Crippen LogP contribution >= 0.6 is 11.8 Å². The van der Waals surface area contributed by atoms with Crippen molar-refractivity contribution in [2.24, 2.45) is 5.73 Å². The molecule has 8 heteroatoms. The van der Waals surface area contributed by atoms with Gasteiger partial charge in [0.1, 0.15) is 6.54 Å². The Bertz CT molecular complexity index is 1450. The molecule has 1 unspecified atom stereocenters. The lowest BCUT2D eigenvalue weighted by Crippen LogP contribution is -2.39. The number of thioether (sulfide) groups is 1. The van der Waals surface area contributed by atoms with Crippen molar-refractivity contribution in [2.45, 2.75) is 51.2 Å². The van der Waals surface area contributed by atoms with Crippen LogP contribution in [-0.4, -0.2) is 67.9 Å². The third-order valence-corrected chi connectivity index (χ3v) is 9.21. The van der Waals surface area contributed by atoms with Gasteiger partial charge in [-0.05, 0) is 69.0 Å². The fourth-order valence-corrected chi connectivity index (χ4v) is 7.24. The molecular weight excluding hydrogens is 504 g/mol. The molecule has 4 aromatic rings. The smallest absolute Gasteiger partial charge is 0.242 e. The molecule has 0 bridgehead atoms. The highest BCUT2D eigenvalue weighted by Crippen LogP contribution is 2.36. The summed E-state index contributed by atoms with van der Waals surface area (Å²) in [4.78, 5) is 27.9. The number of carbonyl (C=O) groups excluding carboxylic acids is 1. The van der Waals surface area contributed by atoms with Crippen LogP contribution in [-0.2, 0) is 24.3 Å². The fraction of sp³-hybridized carbons (Fsp3) is 0.452. The van der Waals surface area contributed by atoms with Gasteiger partial charge in [0.2, 0.25) is 5.91 Å². The molecule has 2 N–H and O–H groups in total. The van der Waals surface area contributed by atoms with Gasteiger partial charge in [-0.3, -0.25) is 19.7 Å². The largest absolute Gasteiger partial charge is 0.339 e. The molecule has 1 saturated heterocycles. The van der Waals surface area contributed by atoms with E-state index in [4.69, 9.17) is 15.7 Å². The molecule has 0 saturated carbocycles. The van der Waals surface area contributed by atoms with Crippen LogP contribution in [0.1, 0.15) is 48.7 Å². The summed E-state index contributed by atoms with van der Waals surface area (Å²) in [7, 11) is 0. The summed E-state index contributed by atoms with van der Waals surface area (Å²) in [6.45, 7) is 4.36. The number of hydrogen-bond acceptors (Lipinski definition) is 6. The lowest BCUT2D eigenvalue weighted by molar-refractivity contribution is -0.131. The molecule has 3 aromatic heterocycles. The number of hydrogen-bond donors (Lipinski definition) is 1. The molecule has 1 aromatic carbocycles. The number of rotatable bonds is 9. The van der Waals surface area contributed by atoms with Gasteiger partial charge in [-0.1, -0.05) is 24.3 Å². The third kappa shape index (κ3) is 5.42. The second-order valence-electron chi connectivity index (χ2n) is 10.7. The van der Waals surface area contributed by atoms with Gasteiger partial charge < -0.3 is 15.2 Å². The van der Waals surface area contributed by atoms with Crippen molar-refractivity contribution in [3.63, 3.8) is 0 Å². The number of unbranched alkanes of at least 4 members (excludes halogenated alkanes) is 1. The quantitative estimate of drug-likeness (QED) is 0.307. The van der Waals surface area contributed by atoms with Crippen molar-refractivity contribution in [1.82, 2.24) is 24.3 Å². The maximum atomic E-state index is 13.5. The van der Waals surface area contributed by atoms with Crippen LogP contribution in [0.5, 0.6) is 0 Å². The maximum absolute atomic E-state index is 13.5. The third-order valence-electron chi connectivity index (χ3n) is 8.27. The predicted molar refractivity (Wildman–Crippen MR) is 160 cm³/mol. The molecule has 1 amide bonds. The molecule has 7 nitrogen and oxygen atoms in total. The lowest BCUT2D eigenvalue weighted by atomic mass is 9.90. The van der Waals surface area contributed by atoms with Crippen molar-refractivity contribution >= 4 is 39.5 Å². The summed E-state index contributed by atoms with van der Waals surface area (Å²) >= 11 is 1.93. The van der Waals surface area contributed by atoms with Crippen LogP contribution < -0.4 is 5.73 Å². The van der Waals surface area contributed by atoms with E-state index in [1.807, 2.05) is 29.1 Å². The molecule has 0 radical (unpaired) electrons. The Balaban J connectivity index is 1.40. The standard InChI is InChI=1S/C31H38N6OS/c32-13-3-4-16-36(28-11-5-7-23-8-6-14-34-30(23)28)21-26-31-25(12-15-33-26)24-9-1-2-10-27(24)37(31)22-29(38)35-17-19-39-20-18-35/h1-2,6,8-10,12,14-15,28H,3-5,7,11,13,16-22,32H2. The van der Waals surface area contributed by atoms with Crippen molar-refractivity contribution in [3.05, 3.63) is 71.8 Å². The van der Waals surface area contributed by atoms with Crippen LogP contribution in [0.15, 0.2) is 54.9 Å². The van der Waals surface area contributed by atoms with E-state index in [-0.39, 0.29) is 11.9 Å². The summed E-state index contributed by atoms with van der Waals surface area (Å²) < 4.78 is 2.22. The zero-order chi connectivity index (χ0) is 26.6. The second-order valence-corrected chi connectivity index (χ2v) is 11.9. The zero-order valence-corrected chi connectivity index (χ0v) is 23.4. The van der Waals surface area contributed by atoms with Gasteiger partial charge in [0.15, 0.2) is 0 Å². The first-order chi connectivity index (χ1) is 19.2. The molecule has 6 rings (SSSR count). The Kier molecular flexibility index (Phi) is 8.13. The molecule has 4 heterocycles. The molecule has 1 aliphatic carbocycles. The number of nitrogens with two attached hydrogens (primary N) is 1. The number of aromatic nitrogens is 3. The monoisotopic (exact) mass is 542 g/mol. The van der Waals surface area contributed by atoms with E-state index in [0.717, 1.165) is 80.0 Å². The minimum atomic E-state index is 0.193. The highest BCUT2D eigenvalue weighted by atomic mass is 32.2. The van der Waals surface area contributed by atoms with Crippen LogP contribution in [0.4, 0.5) is 0 Å². The average Bonchev–Trinajstić information content (AvgIpc) is 3.31. The number of benzene rings is 1. The topological polar surface area (TPSA) is 80.3 Å². The van der Waals surface area contributed by atoms with Crippen molar-refractivity contribution in [2.75, 3.05) is 37.7 Å². The molecule has 204 valence electrons. The van der Waals surface area contributed by atoms with Crippen LogP contribution in [0.3, 0.4) is 0 Å². The summed E-state index contributed by atoms with van der Waals surface area (Å²) in [5.74, 6) is 2.22. The Morgan fingerprint density at radius 1 is 1.03 bits per heavy atom. The van der Waals surface area contributed by atoms with Gasteiger partial charge in [0.05, 0.1) is 22.9 Å². The van der Waals surface area contributed by atoms with E-state index in [1.54, 1.807) is 0 Å². The number of aryl methyl sites for hydroxylation is 1. The lowest BCUT2D eigenvalue weighted by Gasteiger charge is -2.35. The van der Waals surface area contributed by atoms with Gasteiger partial charge in [0, 0.05) is 59.8 Å². The first kappa shape index (κ1) is 26.3. The molecule has 1 aliphatic heterocycles. The summed E-state index contributed by atoms with van der Waals surface area (Å²) in [5.41, 5.74) is 11.7. The number of pyridine rings is 2. The van der Waals surface area contributed by atoms with Gasteiger partial charge in [0.25, 0.3) is 0 Å². The van der Waals surface area contributed by atoms with E-state index in [0.29, 0.717) is 19.6 Å². The number of nitrogens with zero attached hydrogens (tertiary/aromatic N) is 5. The van der Waals surface area contributed by atoms with Crippen LogP contribution in [0.25, 0.3) is 21.8 Å². The van der Waals surface area contributed by atoms with Crippen molar-refractivity contribution < 1.29 is 4.79 Å². The predicted octanol–water partition coefficient (Wildman–Crippen LogP) is 4.78. The molecule has 1 atom stereocenters. The maximum Gasteiger partial charge on any atom is 0.242 e. The van der Waals surface area contributed by atoms with Gasteiger partial charge >= 0.3 is 0 Å². The minimum Gasteiger partial charge on any atom is -0.339 e. The Morgan fingerprint density at radius 3 is 2.77 bits per heavy atom. The average molecular weight is 543 g/mol. The SMILES string of the molecule is NCCCCN(Cc1nccc2c3ccccc3n(CC(=O)N3CCSCC3)c12)C1CCCc2cccnc21. The van der Waals surface area contributed by atoms with E-state index in [9.17, 15) is 4.79 Å². The normalized spacial score (nSPS) is 17.7. The van der Waals surface area contributed by atoms with E-state index >= 15 is 0 Å². The van der Waals surface area contributed by atoms with Crippen LogP contribution in [0, 0.1) is 0 Å². The Labute approximate surface area is 234 Å². The zero-order valence-electron chi connectivity index (χ0n) is 22.6. The minimum absolute atomic E-state index is 0.193. The van der Waals surface area contributed by atoms with E-state index < -0.39 is 0 Å². The molecular formula is C31H38N6OS. The molecule has 39 heavy (non-hydrogen) atoms. The highest BCUT2D eigenvalue weighted by molar-refractivity contribution is 7.99. The van der Waals surface area contributed by atoms with Crippen molar-refractivity contribution in [3.8, 4) is 0 Å². The van der Waals surface area contributed by atoms with Gasteiger partial charge in [-0.25, -0.2) is 0 Å². The molecule has 2 aliphatic rings. The molecule has 0 spiro atoms. The summed E-state index contributed by atoms with van der Waals surface area (Å²) in [6.07, 6.45) is 9.25. The Morgan fingerprint density at radius 2 is 1.90 bits per heavy atom. The fourth-order valence-electron chi connectivity index (χ4n) is 6.34. The second kappa shape index (κ2) is 12.1. The number of para-hydroxylation sites is 1. The summed E-state index contributed by atoms with van der Waals surface area (Å²) in [6, 6.07) is 15.1. The number of amides is 1. The van der Waals surface area contributed by atoms with Gasteiger partial charge in [-0.15, -0.1) is 0 Å². The highest BCUT2D eigenvalue weighted by Gasteiger charge is 2.29.